The number of unbranched alkanes of at least 4 members (excludes halogenated alkanes) is 1. The Bertz CT molecular complexity index is 481. The molecular weight excluding hydrogens is 247 g/mol. The zero-order valence-electron chi connectivity index (χ0n) is 12.9. The van der Waals surface area contributed by atoms with Gasteiger partial charge in [0.25, 0.3) is 0 Å². The lowest BCUT2D eigenvalue weighted by atomic mass is 9.90. The Kier molecular flexibility index (Phi) is 4.57. The molecule has 0 radical (unpaired) electrons. The third-order valence-corrected chi connectivity index (χ3v) is 4.08. The zero-order valence-corrected chi connectivity index (χ0v) is 12.9. The molecule has 106 valence electrons. The van der Waals surface area contributed by atoms with E-state index in [1.165, 1.54) is 5.56 Å². The van der Waals surface area contributed by atoms with Crippen molar-refractivity contribution in [3.05, 3.63) is 35.9 Å². The first-order valence-electron chi connectivity index (χ1n) is 7.29. The third kappa shape index (κ3) is 3.65. The summed E-state index contributed by atoms with van der Waals surface area (Å²) in [6, 6.07) is 10.5. The Balaban J connectivity index is 1.76. The molecule has 1 fully saturated rings. The van der Waals surface area contributed by atoms with Crippen LogP contribution in [0.25, 0.3) is 0 Å². The van der Waals surface area contributed by atoms with Crippen molar-refractivity contribution in [3.63, 3.8) is 0 Å². The highest BCUT2D eigenvalue weighted by atomic mass is 16.7. The van der Waals surface area contributed by atoms with Crippen LogP contribution in [0.2, 0.25) is 0 Å². The maximum atomic E-state index is 5.83. The number of hydrogen-bond acceptors (Lipinski definition) is 2. The van der Waals surface area contributed by atoms with Crippen molar-refractivity contribution >= 4 is 7.12 Å². The summed E-state index contributed by atoms with van der Waals surface area (Å²) in [5.74, 6) is 6.26. The average molecular weight is 270 g/mol. The molecule has 0 aromatic heterocycles. The predicted octanol–water partition coefficient (Wildman–Crippen LogP) is 3.64. The van der Waals surface area contributed by atoms with Crippen molar-refractivity contribution in [2.24, 2.45) is 0 Å². The second kappa shape index (κ2) is 6.03. The van der Waals surface area contributed by atoms with Gasteiger partial charge in [-0.25, -0.2) is 0 Å². The smallest absolute Gasteiger partial charge is 0.392 e. The van der Waals surface area contributed by atoms with Crippen molar-refractivity contribution in [2.75, 3.05) is 0 Å². The molecule has 1 aromatic rings. The van der Waals surface area contributed by atoms with E-state index in [0.29, 0.717) is 0 Å². The van der Waals surface area contributed by atoms with Gasteiger partial charge >= 0.3 is 7.12 Å². The predicted molar refractivity (Wildman–Crippen MR) is 83.2 cm³/mol. The lowest BCUT2D eigenvalue weighted by molar-refractivity contribution is 0.00578. The summed E-state index contributed by atoms with van der Waals surface area (Å²) in [5, 5.41) is 0. The first-order valence-corrected chi connectivity index (χ1v) is 7.29. The molecule has 0 atom stereocenters. The first-order chi connectivity index (χ1) is 9.41. The highest BCUT2D eigenvalue weighted by Crippen LogP contribution is 2.36. The van der Waals surface area contributed by atoms with Crippen LogP contribution >= 0.6 is 0 Å². The third-order valence-electron chi connectivity index (χ3n) is 4.08. The van der Waals surface area contributed by atoms with Gasteiger partial charge in [0.05, 0.1) is 11.2 Å². The molecule has 0 bridgehead atoms. The fourth-order valence-corrected chi connectivity index (χ4v) is 2.08. The van der Waals surface area contributed by atoms with E-state index in [1.54, 1.807) is 0 Å². The molecule has 3 heteroatoms. The summed E-state index contributed by atoms with van der Waals surface area (Å²) in [5.41, 5.74) is 0.775. The van der Waals surface area contributed by atoms with E-state index in [0.717, 1.165) is 19.3 Å². The van der Waals surface area contributed by atoms with E-state index >= 15 is 0 Å². The van der Waals surface area contributed by atoms with Crippen LogP contribution in [0.3, 0.4) is 0 Å². The molecule has 1 aromatic carbocycles. The molecule has 0 unspecified atom stereocenters. The van der Waals surface area contributed by atoms with E-state index in [1.807, 2.05) is 33.8 Å². The molecule has 2 nitrogen and oxygen atoms in total. The Morgan fingerprint density at radius 2 is 1.60 bits per heavy atom. The second-order valence-corrected chi connectivity index (χ2v) is 6.25. The summed E-state index contributed by atoms with van der Waals surface area (Å²) >= 11 is 0. The largest absolute Gasteiger partial charge is 0.551 e. The van der Waals surface area contributed by atoms with E-state index in [9.17, 15) is 0 Å². The van der Waals surface area contributed by atoms with E-state index in [2.05, 4.69) is 36.0 Å². The molecule has 1 aliphatic rings. The van der Waals surface area contributed by atoms with Crippen LogP contribution in [0.1, 0.15) is 46.1 Å². The summed E-state index contributed by atoms with van der Waals surface area (Å²) in [6.45, 7) is 8.18. The highest BCUT2D eigenvalue weighted by Gasteiger charge is 2.50. The fourth-order valence-electron chi connectivity index (χ4n) is 2.08. The standard InChI is InChI=1S/C17H23BO2/c1-16(2)17(3,4)20-18(19-16)14-10-6-9-13-15-11-7-5-8-12-15/h5,7-8,11-12H,6,9,13H2,1-4H3. The van der Waals surface area contributed by atoms with Gasteiger partial charge in [-0.2, -0.15) is 0 Å². The van der Waals surface area contributed by atoms with Crippen LogP contribution in [0, 0.1) is 11.7 Å². The van der Waals surface area contributed by atoms with Crippen LogP contribution < -0.4 is 0 Å². The highest BCUT2D eigenvalue weighted by molar-refractivity contribution is 6.55. The monoisotopic (exact) mass is 270 g/mol. The maximum absolute atomic E-state index is 5.83. The Morgan fingerprint density at radius 3 is 2.20 bits per heavy atom. The zero-order chi connectivity index (χ0) is 14.6. The molecule has 1 heterocycles. The van der Waals surface area contributed by atoms with Gasteiger partial charge in [-0.3, -0.25) is 0 Å². The minimum Gasteiger partial charge on any atom is -0.392 e. The van der Waals surface area contributed by atoms with E-state index < -0.39 is 7.12 Å². The van der Waals surface area contributed by atoms with Crippen LogP contribution in [-0.2, 0) is 15.7 Å². The van der Waals surface area contributed by atoms with Gasteiger partial charge < -0.3 is 9.31 Å². The van der Waals surface area contributed by atoms with Gasteiger partial charge in [-0.05, 0) is 46.1 Å². The molecule has 0 saturated carbocycles. The number of rotatable bonds is 3. The van der Waals surface area contributed by atoms with Gasteiger partial charge in [0.15, 0.2) is 0 Å². The second-order valence-electron chi connectivity index (χ2n) is 6.25. The summed E-state index contributed by atoms with van der Waals surface area (Å²) in [4.78, 5) is 0. The van der Waals surface area contributed by atoms with Gasteiger partial charge in [0.1, 0.15) is 0 Å². The van der Waals surface area contributed by atoms with Gasteiger partial charge in [-0.15, -0.1) is 5.92 Å². The summed E-state index contributed by atoms with van der Waals surface area (Å²) < 4.78 is 11.7. The van der Waals surface area contributed by atoms with Crippen LogP contribution in [0.4, 0.5) is 0 Å². The molecule has 2 rings (SSSR count). The average Bonchev–Trinajstić information content (AvgIpc) is 2.58. The molecule has 20 heavy (non-hydrogen) atoms. The molecule has 0 N–H and O–H groups in total. The molecule has 1 saturated heterocycles. The van der Waals surface area contributed by atoms with Gasteiger partial charge in [0.2, 0.25) is 0 Å². The lowest BCUT2D eigenvalue weighted by Crippen LogP contribution is -2.41. The van der Waals surface area contributed by atoms with Crippen molar-refractivity contribution < 1.29 is 9.31 Å². The Hall–Kier alpha value is -1.24. The normalized spacial score (nSPS) is 19.5. The topological polar surface area (TPSA) is 18.5 Å². The van der Waals surface area contributed by atoms with Crippen molar-refractivity contribution in [2.45, 2.75) is 58.2 Å². The lowest BCUT2D eigenvalue weighted by Gasteiger charge is -2.32. The Morgan fingerprint density at radius 1 is 1.00 bits per heavy atom. The van der Waals surface area contributed by atoms with E-state index in [-0.39, 0.29) is 11.2 Å². The quantitative estimate of drug-likeness (QED) is 0.474. The van der Waals surface area contributed by atoms with Gasteiger partial charge in [-0.1, -0.05) is 36.2 Å². The Labute approximate surface area is 123 Å². The number of benzene rings is 1. The number of aryl methyl sites for hydroxylation is 1. The van der Waals surface area contributed by atoms with Crippen LogP contribution in [-0.4, -0.2) is 18.3 Å². The molecule has 0 aliphatic carbocycles. The molecule has 0 spiro atoms. The SMILES string of the molecule is CC1(C)OB(C#CCCCc2ccccc2)OC1(C)C. The molecule has 1 aliphatic heterocycles. The first kappa shape index (κ1) is 15.2. The van der Waals surface area contributed by atoms with Gasteiger partial charge in [0, 0.05) is 6.42 Å². The number of hydrogen-bond donors (Lipinski definition) is 0. The minimum absolute atomic E-state index is 0.295. The maximum Gasteiger partial charge on any atom is 0.551 e. The molecule has 0 amide bonds. The fraction of sp³-hybridized carbons (Fsp3) is 0.529. The molecular formula is C17H23BO2. The van der Waals surface area contributed by atoms with Crippen LogP contribution in [0.15, 0.2) is 30.3 Å². The summed E-state index contributed by atoms with van der Waals surface area (Å²) in [6.07, 6.45) is 3.01. The minimum atomic E-state index is -0.392. The van der Waals surface area contributed by atoms with Crippen molar-refractivity contribution in [3.8, 4) is 11.7 Å². The van der Waals surface area contributed by atoms with Crippen molar-refractivity contribution in [1.29, 1.82) is 0 Å². The van der Waals surface area contributed by atoms with Crippen molar-refractivity contribution in [1.82, 2.24) is 0 Å². The van der Waals surface area contributed by atoms with E-state index in [4.69, 9.17) is 9.31 Å². The summed E-state index contributed by atoms with van der Waals surface area (Å²) in [7, 11) is -0.392. The van der Waals surface area contributed by atoms with Crippen LogP contribution in [0.5, 0.6) is 0 Å².